The number of nitrogens with zero attached hydrogens (tertiary/aromatic N) is 5. The van der Waals surface area contributed by atoms with Gasteiger partial charge in [-0.3, -0.25) is 14.3 Å². The SMILES string of the molecule is COc1cccc(OC)c1-n1c(C2CCCC2)nc(O)c(-c2nnc(Cc3ccc(F)cn3)o2)c1=O. The minimum Gasteiger partial charge on any atom is -0.494 e. The van der Waals surface area contributed by atoms with Crippen molar-refractivity contribution in [3.8, 4) is 34.5 Å². The van der Waals surface area contributed by atoms with E-state index in [0.29, 0.717) is 28.7 Å². The van der Waals surface area contributed by atoms with Crippen LogP contribution in [0.3, 0.4) is 0 Å². The first kappa shape index (κ1) is 23.5. The Balaban J connectivity index is 1.66. The molecule has 0 unspecified atom stereocenters. The van der Waals surface area contributed by atoms with Crippen molar-refractivity contribution in [3.05, 3.63) is 70.1 Å². The van der Waals surface area contributed by atoms with Crippen LogP contribution in [0.15, 0.2) is 45.7 Å². The van der Waals surface area contributed by atoms with E-state index in [1.807, 2.05) is 0 Å². The van der Waals surface area contributed by atoms with Crippen LogP contribution in [-0.4, -0.2) is 44.1 Å². The average Bonchev–Trinajstić information content (AvgIpc) is 3.58. The highest BCUT2D eigenvalue weighted by molar-refractivity contribution is 5.63. The van der Waals surface area contributed by atoms with Crippen LogP contribution in [0.2, 0.25) is 0 Å². The highest BCUT2D eigenvalue weighted by Gasteiger charge is 2.31. The molecule has 0 saturated heterocycles. The maximum Gasteiger partial charge on any atom is 0.275 e. The largest absolute Gasteiger partial charge is 0.494 e. The van der Waals surface area contributed by atoms with Crippen molar-refractivity contribution in [1.82, 2.24) is 24.7 Å². The second kappa shape index (κ2) is 9.76. The van der Waals surface area contributed by atoms with Gasteiger partial charge >= 0.3 is 0 Å². The lowest BCUT2D eigenvalue weighted by Gasteiger charge is -2.21. The summed E-state index contributed by atoms with van der Waals surface area (Å²) >= 11 is 0. The normalized spacial score (nSPS) is 13.8. The summed E-state index contributed by atoms with van der Waals surface area (Å²) in [5.41, 5.74) is 0.0397. The van der Waals surface area contributed by atoms with Gasteiger partial charge in [-0.05, 0) is 37.1 Å². The Morgan fingerprint density at radius 2 is 1.83 bits per heavy atom. The van der Waals surface area contributed by atoms with E-state index in [1.165, 1.54) is 30.9 Å². The quantitative estimate of drug-likeness (QED) is 0.409. The number of hydrogen-bond donors (Lipinski definition) is 1. The van der Waals surface area contributed by atoms with Gasteiger partial charge in [0, 0.05) is 11.6 Å². The molecule has 1 aliphatic carbocycles. The van der Waals surface area contributed by atoms with Crippen molar-refractivity contribution >= 4 is 0 Å². The number of benzene rings is 1. The third kappa shape index (κ3) is 4.28. The molecule has 11 heteroatoms. The van der Waals surface area contributed by atoms with E-state index in [1.54, 1.807) is 18.2 Å². The van der Waals surface area contributed by atoms with E-state index < -0.39 is 17.3 Å². The second-order valence-electron chi connectivity index (χ2n) is 8.45. The fourth-order valence-corrected chi connectivity index (χ4v) is 4.53. The molecule has 10 nitrogen and oxygen atoms in total. The Kier molecular flexibility index (Phi) is 6.36. The maximum absolute atomic E-state index is 14.0. The van der Waals surface area contributed by atoms with Gasteiger partial charge < -0.3 is 19.0 Å². The maximum atomic E-state index is 14.0. The molecule has 0 bridgehead atoms. The van der Waals surface area contributed by atoms with Crippen molar-refractivity contribution in [2.45, 2.75) is 38.0 Å². The molecule has 0 aliphatic heterocycles. The van der Waals surface area contributed by atoms with Crippen molar-refractivity contribution in [2.24, 2.45) is 0 Å². The van der Waals surface area contributed by atoms with Crippen LogP contribution in [0.25, 0.3) is 17.1 Å². The molecule has 186 valence electrons. The molecule has 1 aromatic carbocycles. The molecular weight excluding hydrogens is 469 g/mol. The molecule has 1 fully saturated rings. The third-order valence-corrected chi connectivity index (χ3v) is 6.24. The molecule has 1 saturated carbocycles. The van der Waals surface area contributed by atoms with Crippen molar-refractivity contribution < 1.29 is 23.4 Å². The zero-order chi connectivity index (χ0) is 25.2. The molecule has 1 aliphatic rings. The van der Waals surface area contributed by atoms with Gasteiger partial charge in [0.15, 0.2) is 5.56 Å². The highest BCUT2D eigenvalue weighted by Crippen LogP contribution is 2.39. The van der Waals surface area contributed by atoms with E-state index in [2.05, 4.69) is 20.2 Å². The first-order chi connectivity index (χ1) is 17.5. The van der Waals surface area contributed by atoms with E-state index >= 15 is 0 Å². The molecule has 5 rings (SSSR count). The van der Waals surface area contributed by atoms with Crippen LogP contribution in [0.4, 0.5) is 4.39 Å². The van der Waals surface area contributed by atoms with Crippen LogP contribution < -0.4 is 15.0 Å². The van der Waals surface area contributed by atoms with E-state index in [9.17, 15) is 14.3 Å². The summed E-state index contributed by atoms with van der Waals surface area (Å²) in [6.45, 7) is 0. The van der Waals surface area contributed by atoms with Gasteiger partial charge in [0.05, 0.1) is 26.8 Å². The fourth-order valence-electron chi connectivity index (χ4n) is 4.53. The zero-order valence-electron chi connectivity index (χ0n) is 19.8. The third-order valence-electron chi connectivity index (χ3n) is 6.24. The van der Waals surface area contributed by atoms with Crippen LogP contribution >= 0.6 is 0 Å². The number of hydrogen-bond acceptors (Lipinski definition) is 9. The van der Waals surface area contributed by atoms with Gasteiger partial charge in [-0.1, -0.05) is 18.9 Å². The van der Waals surface area contributed by atoms with Crippen LogP contribution in [-0.2, 0) is 6.42 Å². The molecule has 0 spiro atoms. The number of ether oxygens (including phenoxy) is 2. The Hall–Kier alpha value is -4.28. The molecule has 3 heterocycles. The Bertz CT molecular complexity index is 1420. The van der Waals surface area contributed by atoms with Gasteiger partial charge in [0.25, 0.3) is 11.4 Å². The van der Waals surface area contributed by atoms with E-state index in [4.69, 9.17) is 13.9 Å². The second-order valence-corrected chi connectivity index (χ2v) is 8.45. The molecule has 36 heavy (non-hydrogen) atoms. The van der Waals surface area contributed by atoms with Gasteiger partial charge in [-0.2, -0.15) is 4.98 Å². The minimum atomic E-state index is -0.595. The van der Waals surface area contributed by atoms with Crippen LogP contribution in [0.1, 0.15) is 49.0 Å². The molecule has 4 aromatic rings. The Morgan fingerprint density at radius 1 is 1.11 bits per heavy atom. The number of aromatic hydroxyl groups is 1. The fraction of sp³-hybridized carbons (Fsp3) is 0.320. The summed E-state index contributed by atoms with van der Waals surface area (Å²) in [7, 11) is 3.00. The number of halogens is 1. The predicted octanol–water partition coefficient (Wildman–Crippen LogP) is 3.79. The smallest absolute Gasteiger partial charge is 0.275 e. The van der Waals surface area contributed by atoms with E-state index in [-0.39, 0.29) is 29.7 Å². The summed E-state index contributed by atoms with van der Waals surface area (Å²) in [6, 6.07) is 7.96. The first-order valence-electron chi connectivity index (χ1n) is 11.5. The number of methoxy groups -OCH3 is 2. The van der Waals surface area contributed by atoms with Crippen molar-refractivity contribution in [1.29, 1.82) is 0 Å². The summed E-state index contributed by atoms with van der Waals surface area (Å²) in [5.74, 6) is 0.182. The molecule has 0 amide bonds. The minimum absolute atomic E-state index is 0.0323. The lowest BCUT2D eigenvalue weighted by atomic mass is 10.1. The summed E-state index contributed by atoms with van der Waals surface area (Å²) in [4.78, 5) is 22.4. The molecule has 3 aromatic heterocycles. The van der Waals surface area contributed by atoms with Gasteiger partial charge in [-0.15, -0.1) is 10.2 Å². The molecule has 0 atom stereocenters. The Morgan fingerprint density at radius 3 is 2.47 bits per heavy atom. The lowest BCUT2D eigenvalue weighted by Crippen LogP contribution is -2.27. The highest BCUT2D eigenvalue weighted by atomic mass is 19.1. The zero-order valence-corrected chi connectivity index (χ0v) is 19.8. The van der Waals surface area contributed by atoms with E-state index in [0.717, 1.165) is 31.9 Å². The standard InChI is InChI=1S/C25H24FN5O5/c1-34-17-8-5-9-18(35-2)21(17)31-22(14-6-3-4-7-14)28-23(32)20(25(31)33)24-30-29-19(36-24)12-16-11-10-15(26)13-27-16/h5,8-11,13-14,32H,3-4,6-7,12H2,1-2H3. The summed E-state index contributed by atoms with van der Waals surface area (Å²) in [6.07, 6.45) is 4.86. The Labute approximate surface area is 205 Å². The number of pyridine rings is 1. The van der Waals surface area contributed by atoms with Crippen molar-refractivity contribution in [3.63, 3.8) is 0 Å². The predicted molar refractivity (Wildman–Crippen MR) is 126 cm³/mol. The lowest BCUT2D eigenvalue weighted by molar-refractivity contribution is 0.387. The molecule has 1 N–H and O–H groups in total. The monoisotopic (exact) mass is 493 g/mol. The number of para-hydroxylation sites is 1. The van der Waals surface area contributed by atoms with Gasteiger partial charge in [0.1, 0.15) is 28.8 Å². The summed E-state index contributed by atoms with van der Waals surface area (Å²) in [5, 5.41) is 18.8. The number of rotatable bonds is 7. The molecule has 0 radical (unpaired) electrons. The summed E-state index contributed by atoms with van der Waals surface area (Å²) < 4.78 is 31.4. The van der Waals surface area contributed by atoms with Crippen LogP contribution in [0.5, 0.6) is 17.4 Å². The number of aromatic nitrogens is 5. The molecular formula is C25H24FN5O5. The average molecular weight is 493 g/mol. The topological polar surface area (TPSA) is 125 Å². The van der Waals surface area contributed by atoms with Gasteiger partial charge in [-0.25, -0.2) is 4.39 Å². The van der Waals surface area contributed by atoms with Gasteiger partial charge in [0.2, 0.25) is 11.8 Å². The first-order valence-corrected chi connectivity index (χ1v) is 11.5. The van der Waals surface area contributed by atoms with Crippen molar-refractivity contribution in [2.75, 3.05) is 14.2 Å². The van der Waals surface area contributed by atoms with Crippen LogP contribution in [0, 0.1) is 5.82 Å².